The molecule has 0 bridgehead atoms. The van der Waals surface area contributed by atoms with Gasteiger partial charge in [0.1, 0.15) is 0 Å². The van der Waals surface area contributed by atoms with Gasteiger partial charge in [-0.3, -0.25) is 4.90 Å². The molecule has 4 nitrogen and oxygen atoms in total. The number of likely N-dealkylation sites (tertiary alicyclic amines) is 1. The van der Waals surface area contributed by atoms with E-state index in [1.54, 1.807) is 0 Å². The Morgan fingerprint density at radius 3 is 2.12 bits per heavy atom. The molecule has 32 heavy (non-hydrogen) atoms. The van der Waals surface area contributed by atoms with E-state index >= 15 is 0 Å². The lowest BCUT2D eigenvalue weighted by molar-refractivity contribution is 0.113. The fourth-order valence-electron chi connectivity index (χ4n) is 5.34. The van der Waals surface area contributed by atoms with Gasteiger partial charge < -0.3 is 10.2 Å². The maximum Gasteiger partial charge on any atom is 0.317 e. The highest BCUT2D eigenvalue weighted by Crippen LogP contribution is 2.26. The standard InChI is InChI=1S/C28H39N3O/c32-28(29-19-16-24-10-4-1-5-11-24)31(23-26-14-8-3-9-15-26)27-17-20-30(21-18-27)22-25-12-6-2-7-13-25/h2-3,6-9,12-15,24,27H,1,4-5,10-11,16-23H2,(H,29,32). The Balaban J connectivity index is 1.32. The summed E-state index contributed by atoms with van der Waals surface area (Å²) in [4.78, 5) is 17.9. The average Bonchev–Trinajstić information content (AvgIpc) is 2.85. The second-order valence-corrected chi connectivity index (χ2v) is 9.63. The van der Waals surface area contributed by atoms with Crippen LogP contribution in [-0.4, -0.2) is 41.5 Å². The molecule has 0 aromatic heterocycles. The zero-order valence-corrected chi connectivity index (χ0v) is 19.4. The van der Waals surface area contributed by atoms with Crippen molar-refractivity contribution in [2.45, 2.75) is 70.5 Å². The molecule has 1 aliphatic heterocycles. The molecule has 1 heterocycles. The van der Waals surface area contributed by atoms with E-state index in [0.717, 1.165) is 51.4 Å². The van der Waals surface area contributed by atoms with Gasteiger partial charge in [-0.05, 0) is 36.3 Å². The Morgan fingerprint density at radius 1 is 0.844 bits per heavy atom. The second-order valence-electron chi connectivity index (χ2n) is 9.63. The minimum atomic E-state index is 0.117. The molecule has 1 saturated carbocycles. The van der Waals surface area contributed by atoms with Gasteiger partial charge in [0.05, 0.1) is 0 Å². The fourth-order valence-corrected chi connectivity index (χ4v) is 5.34. The van der Waals surface area contributed by atoms with Crippen LogP contribution < -0.4 is 5.32 Å². The van der Waals surface area contributed by atoms with Crippen LogP contribution in [0.4, 0.5) is 4.79 Å². The first kappa shape index (κ1) is 22.8. The van der Waals surface area contributed by atoms with Gasteiger partial charge in [0, 0.05) is 38.8 Å². The third kappa shape index (κ3) is 6.83. The SMILES string of the molecule is O=C(NCCC1CCCCC1)N(Cc1ccccc1)C1CCN(Cc2ccccc2)CC1. The fraction of sp³-hybridized carbons (Fsp3) is 0.536. The van der Waals surface area contributed by atoms with Crippen LogP contribution in [0.1, 0.15) is 62.5 Å². The van der Waals surface area contributed by atoms with Gasteiger partial charge in [-0.2, -0.15) is 0 Å². The molecule has 2 aromatic rings. The zero-order chi connectivity index (χ0) is 22.0. The number of hydrogen-bond donors (Lipinski definition) is 1. The predicted molar refractivity (Wildman–Crippen MR) is 131 cm³/mol. The van der Waals surface area contributed by atoms with Gasteiger partial charge in [0.25, 0.3) is 0 Å². The van der Waals surface area contributed by atoms with Crippen molar-refractivity contribution in [3.8, 4) is 0 Å². The van der Waals surface area contributed by atoms with Crippen molar-refractivity contribution < 1.29 is 4.79 Å². The van der Waals surface area contributed by atoms with Crippen molar-refractivity contribution in [1.29, 1.82) is 0 Å². The summed E-state index contributed by atoms with van der Waals surface area (Å²) >= 11 is 0. The largest absolute Gasteiger partial charge is 0.338 e. The molecule has 4 heteroatoms. The van der Waals surface area contributed by atoms with E-state index in [1.165, 1.54) is 43.2 Å². The number of nitrogens with one attached hydrogen (secondary N) is 1. The first-order chi connectivity index (χ1) is 15.8. The van der Waals surface area contributed by atoms with Crippen LogP contribution in [0.2, 0.25) is 0 Å². The third-order valence-electron chi connectivity index (χ3n) is 7.26. The van der Waals surface area contributed by atoms with E-state index < -0.39 is 0 Å². The molecule has 4 rings (SSSR count). The third-order valence-corrected chi connectivity index (χ3v) is 7.26. The molecule has 0 unspecified atom stereocenters. The lowest BCUT2D eigenvalue weighted by atomic mass is 9.87. The molecule has 0 spiro atoms. The van der Waals surface area contributed by atoms with Gasteiger partial charge in [-0.15, -0.1) is 0 Å². The van der Waals surface area contributed by atoms with Gasteiger partial charge in [-0.25, -0.2) is 4.79 Å². The molecule has 1 aliphatic carbocycles. The van der Waals surface area contributed by atoms with E-state index in [4.69, 9.17) is 0 Å². The lowest BCUT2D eigenvalue weighted by Crippen LogP contribution is -2.50. The van der Waals surface area contributed by atoms with Crippen LogP contribution in [0.5, 0.6) is 0 Å². The summed E-state index contributed by atoms with van der Waals surface area (Å²) in [6, 6.07) is 21.6. The smallest absolute Gasteiger partial charge is 0.317 e. The quantitative estimate of drug-likeness (QED) is 0.568. The number of amides is 2. The summed E-state index contributed by atoms with van der Waals surface area (Å²) in [7, 11) is 0. The molecule has 1 N–H and O–H groups in total. The van der Waals surface area contributed by atoms with E-state index in [1.807, 2.05) is 6.07 Å². The number of rotatable bonds is 8. The zero-order valence-electron chi connectivity index (χ0n) is 19.4. The van der Waals surface area contributed by atoms with E-state index in [2.05, 4.69) is 69.7 Å². The van der Waals surface area contributed by atoms with Crippen molar-refractivity contribution in [2.24, 2.45) is 5.92 Å². The first-order valence-electron chi connectivity index (χ1n) is 12.6. The summed E-state index contributed by atoms with van der Waals surface area (Å²) in [6.07, 6.45) is 9.98. The Labute approximate surface area is 194 Å². The second kappa shape index (κ2) is 12.1. The van der Waals surface area contributed by atoms with Crippen molar-refractivity contribution in [3.05, 3.63) is 71.8 Å². The summed E-state index contributed by atoms with van der Waals surface area (Å²) in [5.74, 6) is 0.799. The summed E-state index contributed by atoms with van der Waals surface area (Å²) in [5.41, 5.74) is 2.58. The maximum absolute atomic E-state index is 13.3. The topological polar surface area (TPSA) is 35.6 Å². The highest BCUT2D eigenvalue weighted by molar-refractivity contribution is 5.74. The number of carbonyl (C=O) groups is 1. The monoisotopic (exact) mass is 433 g/mol. The summed E-state index contributed by atoms with van der Waals surface area (Å²) < 4.78 is 0. The van der Waals surface area contributed by atoms with Gasteiger partial charge in [0.15, 0.2) is 0 Å². The molecular formula is C28H39N3O. The van der Waals surface area contributed by atoms with Crippen molar-refractivity contribution in [2.75, 3.05) is 19.6 Å². The Kier molecular flexibility index (Phi) is 8.61. The normalized spacial score (nSPS) is 18.4. The van der Waals surface area contributed by atoms with Gasteiger partial charge in [-0.1, -0.05) is 92.8 Å². The molecule has 2 amide bonds. The number of hydrogen-bond acceptors (Lipinski definition) is 2. The molecule has 0 atom stereocenters. The molecule has 1 saturated heterocycles. The number of piperidine rings is 1. The van der Waals surface area contributed by atoms with Gasteiger partial charge >= 0.3 is 6.03 Å². The highest BCUT2D eigenvalue weighted by atomic mass is 16.2. The van der Waals surface area contributed by atoms with E-state index in [0.29, 0.717) is 12.6 Å². The van der Waals surface area contributed by atoms with E-state index in [9.17, 15) is 4.79 Å². The molecule has 2 aromatic carbocycles. The first-order valence-corrected chi connectivity index (χ1v) is 12.6. The number of benzene rings is 2. The Morgan fingerprint density at radius 2 is 1.47 bits per heavy atom. The summed E-state index contributed by atoms with van der Waals surface area (Å²) in [6.45, 7) is 4.58. The van der Waals surface area contributed by atoms with Crippen LogP contribution >= 0.6 is 0 Å². The molecule has 172 valence electrons. The van der Waals surface area contributed by atoms with Crippen molar-refractivity contribution in [3.63, 3.8) is 0 Å². The van der Waals surface area contributed by atoms with Crippen molar-refractivity contribution in [1.82, 2.24) is 15.1 Å². The molecular weight excluding hydrogens is 394 g/mol. The molecule has 0 radical (unpaired) electrons. The maximum atomic E-state index is 13.3. The molecule has 2 fully saturated rings. The summed E-state index contributed by atoms with van der Waals surface area (Å²) in [5, 5.41) is 3.27. The van der Waals surface area contributed by atoms with Crippen molar-refractivity contribution >= 4 is 6.03 Å². The Bertz CT molecular complexity index is 796. The minimum absolute atomic E-state index is 0.117. The van der Waals surface area contributed by atoms with Crippen LogP contribution in [0.15, 0.2) is 60.7 Å². The number of nitrogens with zero attached hydrogens (tertiary/aromatic N) is 2. The highest BCUT2D eigenvalue weighted by Gasteiger charge is 2.28. The lowest BCUT2D eigenvalue weighted by Gasteiger charge is -2.38. The molecule has 2 aliphatic rings. The van der Waals surface area contributed by atoms with Crippen LogP contribution in [0.3, 0.4) is 0 Å². The van der Waals surface area contributed by atoms with Crippen LogP contribution in [0.25, 0.3) is 0 Å². The van der Waals surface area contributed by atoms with Gasteiger partial charge in [0.2, 0.25) is 0 Å². The number of urea groups is 1. The minimum Gasteiger partial charge on any atom is -0.338 e. The number of carbonyl (C=O) groups excluding carboxylic acids is 1. The Hall–Kier alpha value is -2.33. The van der Waals surface area contributed by atoms with E-state index in [-0.39, 0.29) is 6.03 Å². The average molecular weight is 434 g/mol. The predicted octanol–water partition coefficient (Wildman–Crippen LogP) is 5.83. The van der Waals surface area contributed by atoms with Crippen LogP contribution in [0, 0.1) is 5.92 Å². The van der Waals surface area contributed by atoms with Crippen LogP contribution in [-0.2, 0) is 13.1 Å².